The van der Waals surface area contributed by atoms with E-state index in [-0.39, 0.29) is 11.3 Å². The molecule has 130 valence electrons. The Balaban J connectivity index is 1.78. The number of anilines is 2. The molecule has 1 aromatic heterocycles. The number of hydrogen-bond acceptors (Lipinski definition) is 2. The van der Waals surface area contributed by atoms with Gasteiger partial charge in [-0.1, -0.05) is 37.5 Å². The van der Waals surface area contributed by atoms with Gasteiger partial charge in [-0.3, -0.25) is 14.4 Å². The van der Waals surface area contributed by atoms with Gasteiger partial charge in [0, 0.05) is 7.05 Å². The van der Waals surface area contributed by atoms with E-state index >= 15 is 0 Å². The highest BCUT2D eigenvalue weighted by Gasteiger charge is 2.53. The van der Waals surface area contributed by atoms with Crippen molar-refractivity contribution in [3.05, 3.63) is 39.1 Å². The predicted octanol–water partition coefficient (Wildman–Crippen LogP) is 4.78. The minimum atomic E-state index is -0.314. The molecule has 1 amide bonds. The summed E-state index contributed by atoms with van der Waals surface area (Å²) in [4.78, 5) is 15.8. The highest BCUT2D eigenvalue weighted by molar-refractivity contribution is 14.1. The van der Waals surface area contributed by atoms with Crippen LogP contribution in [0.4, 0.5) is 11.5 Å². The van der Waals surface area contributed by atoms with Crippen LogP contribution in [0.2, 0.25) is 0 Å². The molecular weight excluding hydrogens is 425 g/mol. The van der Waals surface area contributed by atoms with Crippen LogP contribution < -0.4 is 4.90 Å². The number of carbonyl (C=O) groups is 1. The minimum absolute atomic E-state index is 0.275. The third kappa shape index (κ3) is 2.17. The normalized spacial score (nSPS) is 21.8. The van der Waals surface area contributed by atoms with E-state index in [9.17, 15) is 4.79 Å². The maximum absolute atomic E-state index is 13.8. The molecule has 4 nitrogen and oxygen atoms in total. The zero-order valence-corrected chi connectivity index (χ0v) is 16.6. The summed E-state index contributed by atoms with van der Waals surface area (Å²) < 4.78 is 2.90. The first-order chi connectivity index (χ1) is 12.1. The van der Waals surface area contributed by atoms with Crippen molar-refractivity contribution in [3.8, 4) is 0 Å². The van der Waals surface area contributed by atoms with Crippen LogP contribution in [0, 0.1) is 3.57 Å². The summed E-state index contributed by atoms with van der Waals surface area (Å²) in [6, 6.07) is 6.63. The van der Waals surface area contributed by atoms with Crippen LogP contribution in [0.3, 0.4) is 0 Å². The number of hydrogen-bond donors (Lipinski definition) is 0. The van der Waals surface area contributed by atoms with E-state index < -0.39 is 0 Å². The van der Waals surface area contributed by atoms with Crippen LogP contribution in [-0.4, -0.2) is 15.7 Å². The summed E-state index contributed by atoms with van der Waals surface area (Å²) in [5, 5.41) is 4.41. The van der Waals surface area contributed by atoms with Gasteiger partial charge in [0.1, 0.15) is 0 Å². The molecule has 2 saturated carbocycles. The summed E-state index contributed by atoms with van der Waals surface area (Å²) in [6.07, 6.45) is 9.85. The maximum atomic E-state index is 13.8. The zero-order valence-electron chi connectivity index (χ0n) is 14.5. The average Bonchev–Trinajstić information content (AvgIpc) is 3.39. The van der Waals surface area contributed by atoms with Crippen molar-refractivity contribution in [3.63, 3.8) is 0 Å². The Labute approximate surface area is 161 Å². The van der Waals surface area contributed by atoms with Gasteiger partial charge in [0.2, 0.25) is 5.91 Å². The Morgan fingerprint density at radius 2 is 1.96 bits per heavy atom. The number of aryl methyl sites for hydroxylation is 1. The molecular formula is C20H22IN3O. The molecule has 2 aliphatic carbocycles. The number of rotatable bonds is 2. The lowest BCUT2D eigenvalue weighted by atomic mass is 9.70. The Hall–Kier alpha value is -1.37. The van der Waals surface area contributed by atoms with Crippen molar-refractivity contribution in [2.24, 2.45) is 7.05 Å². The van der Waals surface area contributed by atoms with Crippen molar-refractivity contribution < 1.29 is 4.79 Å². The molecule has 1 aromatic carbocycles. The molecule has 0 unspecified atom stereocenters. The van der Waals surface area contributed by atoms with E-state index in [0.717, 1.165) is 35.1 Å². The van der Waals surface area contributed by atoms with Gasteiger partial charge < -0.3 is 0 Å². The molecule has 0 bridgehead atoms. The van der Waals surface area contributed by atoms with Crippen molar-refractivity contribution in [1.29, 1.82) is 0 Å². The van der Waals surface area contributed by atoms with Crippen LogP contribution in [0.25, 0.3) is 0 Å². The van der Waals surface area contributed by atoms with Crippen molar-refractivity contribution >= 4 is 40.0 Å². The monoisotopic (exact) mass is 447 g/mol. The van der Waals surface area contributed by atoms with E-state index in [0.29, 0.717) is 5.92 Å². The molecule has 5 rings (SSSR count). The van der Waals surface area contributed by atoms with Gasteiger partial charge in [-0.15, -0.1) is 0 Å². The van der Waals surface area contributed by atoms with Gasteiger partial charge in [0.25, 0.3) is 0 Å². The van der Waals surface area contributed by atoms with Gasteiger partial charge in [-0.05, 0) is 65.3 Å². The predicted molar refractivity (Wildman–Crippen MR) is 106 cm³/mol. The molecule has 2 fully saturated rings. The molecule has 2 heterocycles. The Bertz CT molecular complexity index is 842. The fraction of sp³-hybridized carbons (Fsp3) is 0.500. The van der Waals surface area contributed by atoms with E-state index in [1.54, 1.807) is 0 Å². The number of amides is 1. The molecule has 2 aromatic rings. The van der Waals surface area contributed by atoms with E-state index in [1.165, 1.54) is 36.1 Å². The van der Waals surface area contributed by atoms with Crippen molar-refractivity contribution in [2.75, 3.05) is 4.90 Å². The molecule has 0 N–H and O–H groups in total. The van der Waals surface area contributed by atoms with E-state index in [4.69, 9.17) is 0 Å². The van der Waals surface area contributed by atoms with Gasteiger partial charge in [-0.25, -0.2) is 0 Å². The second-order valence-corrected chi connectivity index (χ2v) is 8.90. The molecule has 5 heteroatoms. The smallest absolute Gasteiger partial charge is 0.243 e. The average molecular weight is 447 g/mol. The van der Waals surface area contributed by atoms with Gasteiger partial charge in [-0.2, -0.15) is 5.10 Å². The van der Waals surface area contributed by atoms with Crippen LogP contribution in [0.5, 0.6) is 0 Å². The lowest BCUT2D eigenvalue weighted by Crippen LogP contribution is -2.40. The molecule has 1 aliphatic heterocycles. The summed E-state index contributed by atoms with van der Waals surface area (Å²) in [5.74, 6) is 1.83. The van der Waals surface area contributed by atoms with Crippen LogP contribution in [0.15, 0.2) is 24.4 Å². The summed E-state index contributed by atoms with van der Waals surface area (Å²) in [7, 11) is 1.94. The fourth-order valence-corrected chi connectivity index (χ4v) is 5.56. The highest BCUT2D eigenvalue weighted by atomic mass is 127. The third-order valence-corrected chi connectivity index (χ3v) is 6.98. The van der Waals surface area contributed by atoms with E-state index in [1.807, 2.05) is 22.8 Å². The van der Waals surface area contributed by atoms with Crippen LogP contribution in [0.1, 0.15) is 62.0 Å². The lowest BCUT2D eigenvalue weighted by molar-refractivity contribution is -0.123. The molecule has 0 atom stereocenters. The largest absolute Gasteiger partial charge is 0.273 e. The minimum Gasteiger partial charge on any atom is -0.273 e. The Morgan fingerprint density at radius 3 is 2.60 bits per heavy atom. The SMILES string of the molecule is Cn1ncc(I)c1N1C(=O)C2(CCCCC2)c2cccc(C3CC3)c21. The number of para-hydroxylation sites is 1. The second-order valence-electron chi connectivity index (χ2n) is 7.74. The first-order valence-electron chi connectivity index (χ1n) is 9.29. The number of aromatic nitrogens is 2. The number of carbonyl (C=O) groups excluding carboxylic acids is 1. The lowest BCUT2D eigenvalue weighted by Gasteiger charge is -2.32. The van der Waals surface area contributed by atoms with Crippen molar-refractivity contribution in [2.45, 2.75) is 56.3 Å². The van der Waals surface area contributed by atoms with Gasteiger partial charge >= 0.3 is 0 Å². The number of halogens is 1. The quantitative estimate of drug-likeness (QED) is 0.622. The second kappa shape index (κ2) is 5.56. The third-order valence-electron chi connectivity index (χ3n) is 6.22. The molecule has 1 spiro atoms. The molecule has 0 radical (unpaired) electrons. The summed E-state index contributed by atoms with van der Waals surface area (Å²) in [5.41, 5.74) is 3.51. The standard InChI is InChI=1S/C20H22IN3O/c1-23-18(16(21)12-22-23)24-17-14(13-8-9-13)6-5-7-15(17)20(19(24)25)10-3-2-4-11-20/h5-7,12-13H,2-4,8-11H2,1H3. The molecule has 3 aliphatic rings. The number of nitrogens with zero attached hydrogens (tertiary/aromatic N) is 3. The fourth-order valence-electron chi connectivity index (χ4n) is 4.85. The molecule has 0 saturated heterocycles. The van der Waals surface area contributed by atoms with Gasteiger partial charge in [0.15, 0.2) is 5.82 Å². The zero-order chi connectivity index (χ0) is 17.2. The maximum Gasteiger partial charge on any atom is 0.243 e. The molecule has 25 heavy (non-hydrogen) atoms. The summed E-state index contributed by atoms with van der Waals surface area (Å²) >= 11 is 2.31. The first-order valence-corrected chi connectivity index (χ1v) is 10.4. The highest BCUT2D eigenvalue weighted by Crippen LogP contribution is 2.57. The number of fused-ring (bicyclic) bond motifs is 2. The van der Waals surface area contributed by atoms with E-state index in [2.05, 4.69) is 45.9 Å². The van der Waals surface area contributed by atoms with Crippen LogP contribution >= 0.6 is 22.6 Å². The topological polar surface area (TPSA) is 38.1 Å². The first kappa shape index (κ1) is 15.9. The number of benzene rings is 1. The Kier molecular flexibility index (Phi) is 3.53. The van der Waals surface area contributed by atoms with Gasteiger partial charge in [0.05, 0.1) is 20.9 Å². The van der Waals surface area contributed by atoms with Crippen LogP contribution in [-0.2, 0) is 17.3 Å². The summed E-state index contributed by atoms with van der Waals surface area (Å²) in [6.45, 7) is 0. The van der Waals surface area contributed by atoms with Crippen molar-refractivity contribution in [1.82, 2.24) is 9.78 Å². The Morgan fingerprint density at radius 1 is 1.20 bits per heavy atom.